The van der Waals surface area contributed by atoms with Crippen molar-refractivity contribution in [3.05, 3.63) is 35.5 Å². The van der Waals surface area contributed by atoms with Crippen LogP contribution in [-0.4, -0.2) is 12.3 Å². The third-order valence-electron chi connectivity index (χ3n) is 2.66. The van der Waals surface area contributed by atoms with E-state index in [-0.39, 0.29) is 6.42 Å². The normalized spacial score (nSPS) is 16.6. The van der Waals surface area contributed by atoms with Crippen LogP contribution < -0.4 is 0 Å². The molecule has 0 N–H and O–H groups in total. The molecular weight excluding hydrogens is 200 g/mol. The van der Waals surface area contributed by atoms with Gasteiger partial charge in [-0.2, -0.15) is 15.5 Å². The van der Waals surface area contributed by atoms with Gasteiger partial charge in [-0.3, -0.25) is 4.99 Å². The van der Waals surface area contributed by atoms with Crippen molar-refractivity contribution in [1.29, 1.82) is 5.26 Å². The number of aliphatic imine (C=N–C) groups is 1. The highest BCUT2D eigenvalue weighted by Gasteiger charge is 2.26. The third-order valence-corrected chi connectivity index (χ3v) is 2.66. The minimum Gasteiger partial charge on any atom is -0.250 e. The van der Waals surface area contributed by atoms with Crippen molar-refractivity contribution < 1.29 is 0 Å². The van der Waals surface area contributed by atoms with Crippen LogP contribution in [0, 0.1) is 11.3 Å². The van der Waals surface area contributed by atoms with Crippen LogP contribution in [0.4, 0.5) is 5.69 Å². The van der Waals surface area contributed by atoms with Gasteiger partial charge in [0.05, 0.1) is 29.6 Å². The Hall–Kier alpha value is -2.28. The minimum atomic E-state index is 0.284. The van der Waals surface area contributed by atoms with Crippen LogP contribution in [0.1, 0.15) is 12.0 Å². The second-order valence-corrected chi connectivity index (χ2v) is 3.63. The Morgan fingerprint density at radius 1 is 1.31 bits per heavy atom. The fraction of sp³-hybridized carbons (Fsp3) is 0.167. The van der Waals surface area contributed by atoms with Crippen molar-refractivity contribution in [2.24, 2.45) is 15.2 Å². The number of hydrogen-bond donors (Lipinski definition) is 0. The summed E-state index contributed by atoms with van der Waals surface area (Å²) in [5.74, 6) is 0. The molecule has 16 heavy (non-hydrogen) atoms. The molecule has 1 aromatic carbocycles. The van der Waals surface area contributed by atoms with E-state index >= 15 is 0 Å². The first-order valence-electron chi connectivity index (χ1n) is 5.05. The first kappa shape index (κ1) is 8.98. The van der Waals surface area contributed by atoms with Crippen LogP contribution >= 0.6 is 0 Å². The van der Waals surface area contributed by atoms with E-state index < -0.39 is 0 Å². The number of azo groups is 1. The van der Waals surface area contributed by atoms with Gasteiger partial charge in [0.1, 0.15) is 6.54 Å². The maximum absolute atomic E-state index is 8.76. The van der Waals surface area contributed by atoms with Gasteiger partial charge in [0.25, 0.3) is 0 Å². The third kappa shape index (κ3) is 1.18. The smallest absolute Gasteiger partial charge is 0.103 e. The monoisotopic (exact) mass is 208 g/mol. The molecule has 0 spiro atoms. The van der Waals surface area contributed by atoms with Crippen LogP contribution in [0.25, 0.3) is 5.57 Å². The number of rotatable bonds is 1. The molecule has 0 saturated carbocycles. The zero-order valence-electron chi connectivity index (χ0n) is 8.51. The summed E-state index contributed by atoms with van der Waals surface area (Å²) in [5, 5.41) is 16.8. The molecule has 3 rings (SSSR count). The van der Waals surface area contributed by atoms with Crippen molar-refractivity contribution in [2.45, 2.75) is 6.42 Å². The molecule has 0 aromatic heterocycles. The van der Waals surface area contributed by atoms with Gasteiger partial charge in [-0.1, -0.05) is 18.2 Å². The first-order chi connectivity index (χ1) is 7.90. The lowest BCUT2D eigenvalue weighted by molar-refractivity contribution is 0.991. The summed E-state index contributed by atoms with van der Waals surface area (Å²) in [6, 6.07) is 10.0. The fourth-order valence-electron chi connectivity index (χ4n) is 2.01. The van der Waals surface area contributed by atoms with Gasteiger partial charge in [0, 0.05) is 11.1 Å². The predicted octanol–water partition coefficient (Wildman–Crippen LogP) is 2.86. The Morgan fingerprint density at radius 2 is 2.19 bits per heavy atom. The molecule has 0 saturated heterocycles. The van der Waals surface area contributed by atoms with E-state index in [1.807, 2.05) is 24.3 Å². The molecule has 4 nitrogen and oxygen atoms in total. The SMILES string of the molecule is N#CCC1=C2C(=Nc3ccccc32)CN=N1. The number of hydrogen-bond acceptors (Lipinski definition) is 4. The average Bonchev–Trinajstić information content (AvgIpc) is 2.68. The second-order valence-electron chi connectivity index (χ2n) is 3.63. The number of fused-ring (bicyclic) bond motifs is 3. The predicted molar refractivity (Wildman–Crippen MR) is 60.4 cm³/mol. The summed E-state index contributed by atoms with van der Waals surface area (Å²) in [4.78, 5) is 4.50. The molecule has 76 valence electrons. The molecule has 0 bridgehead atoms. The highest BCUT2D eigenvalue weighted by Crippen LogP contribution is 2.39. The zero-order valence-corrected chi connectivity index (χ0v) is 8.51. The van der Waals surface area contributed by atoms with E-state index in [1.54, 1.807) is 0 Å². The van der Waals surface area contributed by atoms with Crippen molar-refractivity contribution in [2.75, 3.05) is 6.54 Å². The maximum Gasteiger partial charge on any atom is 0.103 e. The number of para-hydroxylation sites is 1. The summed E-state index contributed by atoms with van der Waals surface area (Å²) in [6.45, 7) is 0.513. The molecule has 2 aliphatic rings. The highest BCUT2D eigenvalue weighted by atomic mass is 15.1. The summed E-state index contributed by atoms with van der Waals surface area (Å²) in [6.07, 6.45) is 0.284. The fourth-order valence-corrected chi connectivity index (χ4v) is 2.01. The molecule has 0 amide bonds. The molecule has 2 heterocycles. The Morgan fingerprint density at radius 3 is 3.06 bits per heavy atom. The van der Waals surface area contributed by atoms with E-state index in [1.165, 1.54) is 0 Å². The molecule has 1 aromatic rings. The Bertz CT molecular complexity index is 587. The topological polar surface area (TPSA) is 60.9 Å². The number of nitrogens with zero attached hydrogens (tertiary/aromatic N) is 4. The van der Waals surface area contributed by atoms with Crippen LogP contribution in [-0.2, 0) is 0 Å². The molecule has 0 radical (unpaired) electrons. The summed E-state index contributed by atoms with van der Waals surface area (Å²) in [5.41, 5.74) is 4.70. The molecule has 2 aliphatic heterocycles. The molecular formula is C12H8N4. The number of allylic oxidation sites excluding steroid dienone is 1. The Labute approximate surface area is 92.7 Å². The van der Waals surface area contributed by atoms with Crippen molar-refractivity contribution >= 4 is 17.0 Å². The minimum absolute atomic E-state index is 0.284. The molecule has 4 heteroatoms. The second kappa shape index (κ2) is 3.38. The van der Waals surface area contributed by atoms with Gasteiger partial charge in [-0.05, 0) is 6.07 Å². The standard InChI is InChI=1S/C12H8N4/c13-6-5-10-12-8-3-1-2-4-9(8)15-11(12)7-14-16-10/h1-4H,5,7H2. The van der Waals surface area contributed by atoms with Crippen LogP contribution in [0.15, 0.2) is 45.2 Å². The first-order valence-corrected chi connectivity index (χ1v) is 5.05. The van der Waals surface area contributed by atoms with Crippen LogP contribution in [0.5, 0.6) is 0 Å². The van der Waals surface area contributed by atoms with Crippen molar-refractivity contribution in [3.63, 3.8) is 0 Å². The van der Waals surface area contributed by atoms with Crippen LogP contribution in [0.3, 0.4) is 0 Å². The highest BCUT2D eigenvalue weighted by molar-refractivity contribution is 6.30. The molecule has 0 unspecified atom stereocenters. The van der Waals surface area contributed by atoms with Gasteiger partial charge in [0.15, 0.2) is 0 Å². The lowest BCUT2D eigenvalue weighted by Gasteiger charge is -2.09. The van der Waals surface area contributed by atoms with E-state index in [2.05, 4.69) is 21.3 Å². The quantitative estimate of drug-likeness (QED) is 0.699. The van der Waals surface area contributed by atoms with Crippen LogP contribution in [0.2, 0.25) is 0 Å². The van der Waals surface area contributed by atoms with Gasteiger partial charge < -0.3 is 0 Å². The van der Waals surface area contributed by atoms with Crippen molar-refractivity contribution in [1.82, 2.24) is 0 Å². The molecule has 0 fully saturated rings. The lowest BCUT2D eigenvalue weighted by atomic mass is 9.99. The molecule has 0 aliphatic carbocycles. The van der Waals surface area contributed by atoms with Crippen molar-refractivity contribution in [3.8, 4) is 6.07 Å². The Balaban J connectivity index is 2.23. The van der Waals surface area contributed by atoms with E-state index in [0.717, 1.165) is 28.2 Å². The van der Waals surface area contributed by atoms with Gasteiger partial charge in [0.2, 0.25) is 0 Å². The Kier molecular flexibility index (Phi) is 1.90. The number of benzene rings is 1. The lowest BCUT2D eigenvalue weighted by Crippen LogP contribution is -2.07. The van der Waals surface area contributed by atoms with E-state index in [4.69, 9.17) is 5.26 Å². The van der Waals surface area contributed by atoms with Gasteiger partial charge in [-0.15, -0.1) is 0 Å². The number of nitriles is 1. The largest absolute Gasteiger partial charge is 0.250 e. The molecule has 0 atom stereocenters. The van der Waals surface area contributed by atoms with E-state index in [9.17, 15) is 0 Å². The van der Waals surface area contributed by atoms with E-state index in [0.29, 0.717) is 6.54 Å². The van der Waals surface area contributed by atoms with Gasteiger partial charge >= 0.3 is 0 Å². The summed E-state index contributed by atoms with van der Waals surface area (Å²) < 4.78 is 0. The average molecular weight is 208 g/mol. The summed E-state index contributed by atoms with van der Waals surface area (Å²) in [7, 11) is 0. The van der Waals surface area contributed by atoms with Gasteiger partial charge in [-0.25, -0.2) is 0 Å². The summed E-state index contributed by atoms with van der Waals surface area (Å²) >= 11 is 0. The zero-order chi connectivity index (χ0) is 11.0. The maximum atomic E-state index is 8.76.